The first kappa shape index (κ1) is 12.8. The number of aliphatic imine (C=N–C) groups is 1. The molecule has 3 rings (SSSR count). The molecule has 0 amide bonds. The fourth-order valence-electron chi connectivity index (χ4n) is 1.81. The standard InChI is InChI=1S/C12H9BrN2O2S2/c13-9-5-10(18-7-9)6-15-8-14-11-3-1-2-4-12(11)19(15,16)17/h1-5,7-8H,6H2. The van der Waals surface area contributed by atoms with Gasteiger partial charge in [0, 0.05) is 14.7 Å². The number of hydrogen-bond acceptors (Lipinski definition) is 4. The number of para-hydroxylation sites is 1. The van der Waals surface area contributed by atoms with Crippen molar-refractivity contribution in [1.29, 1.82) is 0 Å². The van der Waals surface area contributed by atoms with E-state index < -0.39 is 10.0 Å². The van der Waals surface area contributed by atoms with Crippen molar-refractivity contribution >= 4 is 49.3 Å². The third-order valence-electron chi connectivity index (χ3n) is 2.71. The zero-order valence-corrected chi connectivity index (χ0v) is 12.9. The van der Waals surface area contributed by atoms with E-state index in [1.165, 1.54) is 22.0 Å². The lowest BCUT2D eigenvalue weighted by Gasteiger charge is -2.23. The Morgan fingerprint density at radius 3 is 2.84 bits per heavy atom. The summed E-state index contributed by atoms with van der Waals surface area (Å²) >= 11 is 4.87. The molecule has 0 spiro atoms. The fourth-order valence-corrected chi connectivity index (χ4v) is 4.71. The van der Waals surface area contributed by atoms with Crippen LogP contribution < -0.4 is 0 Å². The number of benzene rings is 1. The lowest BCUT2D eigenvalue weighted by Crippen LogP contribution is -2.31. The van der Waals surface area contributed by atoms with Gasteiger partial charge >= 0.3 is 0 Å². The molecular formula is C12H9BrN2O2S2. The Morgan fingerprint density at radius 1 is 1.32 bits per heavy atom. The summed E-state index contributed by atoms with van der Waals surface area (Å²) < 4.78 is 27.1. The first-order chi connectivity index (χ1) is 9.07. The summed E-state index contributed by atoms with van der Waals surface area (Å²) in [6.45, 7) is 0.302. The van der Waals surface area contributed by atoms with E-state index in [0.717, 1.165) is 9.35 Å². The van der Waals surface area contributed by atoms with E-state index in [1.54, 1.807) is 24.3 Å². The molecular weight excluding hydrogens is 348 g/mol. The third-order valence-corrected chi connectivity index (χ3v) is 6.14. The minimum Gasteiger partial charge on any atom is -0.251 e. The number of thiophene rings is 1. The van der Waals surface area contributed by atoms with E-state index in [9.17, 15) is 8.42 Å². The van der Waals surface area contributed by atoms with Crippen molar-refractivity contribution in [2.75, 3.05) is 0 Å². The molecule has 0 N–H and O–H groups in total. The van der Waals surface area contributed by atoms with E-state index in [4.69, 9.17) is 0 Å². The van der Waals surface area contributed by atoms with Crippen LogP contribution >= 0.6 is 27.3 Å². The first-order valence-corrected chi connectivity index (χ1v) is 8.56. The quantitative estimate of drug-likeness (QED) is 0.827. The maximum absolute atomic E-state index is 12.4. The van der Waals surface area contributed by atoms with E-state index in [2.05, 4.69) is 20.9 Å². The summed E-state index contributed by atoms with van der Waals surface area (Å²) in [4.78, 5) is 5.40. The van der Waals surface area contributed by atoms with Gasteiger partial charge in [-0.2, -0.15) is 0 Å². The maximum atomic E-state index is 12.4. The molecule has 1 aliphatic heterocycles. The van der Waals surface area contributed by atoms with Crippen molar-refractivity contribution in [3.8, 4) is 0 Å². The van der Waals surface area contributed by atoms with Crippen LogP contribution in [0.15, 0.2) is 50.1 Å². The van der Waals surface area contributed by atoms with Crippen LogP contribution in [-0.2, 0) is 16.6 Å². The summed E-state index contributed by atoms with van der Waals surface area (Å²) in [7, 11) is -3.50. The molecule has 0 saturated heterocycles. The molecule has 98 valence electrons. The highest BCUT2D eigenvalue weighted by Crippen LogP contribution is 2.31. The second kappa shape index (κ2) is 4.73. The highest BCUT2D eigenvalue weighted by molar-refractivity contribution is 9.10. The Morgan fingerprint density at radius 2 is 2.11 bits per heavy atom. The predicted octanol–water partition coefficient (Wildman–Crippen LogP) is 3.37. The van der Waals surface area contributed by atoms with Crippen LogP contribution in [0.4, 0.5) is 5.69 Å². The molecule has 4 nitrogen and oxygen atoms in total. The maximum Gasteiger partial charge on any atom is 0.267 e. The van der Waals surface area contributed by atoms with Gasteiger partial charge in [0.1, 0.15) is 11.2 Å². The summed E-state index contributed by atoms with van der Waals surface area (Å²) in [6.07, 6.45) is 1.38. The smallest absolute Gasteiger partial charge is 0.251 e. The number of nitrogens with zero attached hydrogens (tertiary/aromatic N) is 2. The lowest BCUT2D eigenvalue weighted by molar-refractivity contribution is 0.524. The Bertz CT molecular complexity index is 753. The van der Waals surface area contributed by atoms with Gasteiger partial charge in [-0.3, -0.25) is 4.31 Å². The van der Waals surface area contributed by atoms with E-state index in [1.807, 2.05) is 11.4 Å². The normalized spacial score (nSPS) is 16.4. The van der Waals surface area contributed by atoms with Crippen molar-refractivity contribution in [1.82, 2.24) is 4.31 Å². The third kappa shape index (κ3) is 2.33. The van der Waals surface area contributed by atoms with Crippen molar-refractivity contribution < 1.29 is 8.42 Å². The van der Waals surface area contributed by atoms with Crippen LogP contribution in [0.5, 0.6) is 0 Å². The predicted molar refractivity (Wildman–Crippen MR) is 79.3 cm³/mol. The topological polar surface area (TPSA) is 49.7 Å². The van der Waals surface area contributed by atoms with Gasteiger partial charge in [0.15, 0.2) is 0 Å². The second-order valence-electron chi connectivity index (χ2n) is 3.99. The van der Waals surface area contributed by atoms with Gasteiger partial charge in [0.05, 0.1) is 12.2 Å². The molecule has 19 heavy (non-hydrogen) atoms. The SMILES string of the molecule is O=S1(=O)c2ccccc2N=CN1Cc1cc(Br)cs1. The van der Waals surface area contributed by atoms with Crippen LogP contribution in [0.25, 0.3) is 0 Å². The number of rotatable bonds is 2. The van der Waals surface area contributed by atoms with Crippen molar-refractivity contribution in [3.05, 3.63) is 45.1 Å². The first-order valence-electron chi connectivity index (χ1n) is 5.45. The van der Waals surface area contributed by atoms with Crippen molar-refractivity contribution in [2.24, 2.45) is 4.99 Å². The molecule has 0 radical (unpaired) electrons. The zero-order valence-electron chi connectivity index (χ0n) is 9.65. The van der Waals surface area contributed by atoms with Crippen LogP contribution in [0, 0.1) is 0 Å². The van der Waals surface area contributed by atoms with Gasteiger partial charge in [-0.15, -0.1) is 11.3 Å². The number of hydrogen-bond donors (Lipinski definition) is 0. The molecule has 0 bridgehead atoms. The highest BCUT2D eigenvalue weighted by Gasteiger charge is 2.28. The van der Waals surface area contributed by atoms with Crippen LogP contribution in [-0.4, -0.2) is 19.1 Å². The highest BCUT2D eigenvalue weighted by atomic mass is 79.9. The average Bonchev–Trinajstić information content (AvgIpc) is 2.79. The van der Waals surface area contributed by atoms with Crippen LogP contribution in [0.1, 0.15) is 4.88 Å². The van der Waals surface area contributed by atoms with Crippen molar-refractivity contribution in [3.63, 3.8) is 0 Å². The van der Waals surface area contributed by atoms with Gasteiger partial charge in [0.2, 0.25) is 0 Å². The van der Waals surface area contributed by atoms with Gasteiger partial charge in [0.25, 0.3) is 10.0 Å². The summed E-state index contributed by atoms with van der Waals surface area (Å²) in [5, 5.41) is 1.93. The minimum absolute atomic E-state index is 0.258. The van der Waals surface area contributed by atoms with E-state index in [0.29, 0.717) is 12.2 Å². The lowest BCUT2D eigenvalue weighted by atomic mass is 10.3. The number of fused-ring (bicyclic) bond motifs is 1. The largest absolute Gasteiger partial charge is 0.267 e. The van der Waals surface area contributed by atoms with Crippen LogP contribution in [0.3, 0.4) is 0 Å². The Labute approximate surface area is 123 Å². The molecule has 0 fully saturated rings. The zero-order chi connectivity index (χ0) is 13.5. The summed E-state index contributed by atoms with van der Waals surface area (Å²) in [6, 6.07) is 8.67. The molecule has 0 aliphatic carbocycles. The minimum atomic E-state index is -3.50. The molecule has 7 heteroatoms. The van der Waals surface area contributed by atoms with Gasteiger partial charge < -0.3 is 0 Å². The number of sulfonamides is 1. The summed E-state index contributed by atoms with van der Waals surface area (Å²) in [5.74, 6) is 0. The molecule has 0 saturated carbocycles. The Kier molecular flexibility index (Phi) is 3.20. The van der Waals surface area contributed by atoms with E-state index >= 15 is 0 Å². The van der Waals surface area contributed by atoms with Gasteiger partial charge in [-0.1, -0.05) is 12.1 Å². The van der Waals surface area contributed by atoms with Crippen molar-refractivity contribution in [2.45, 2.75) is 11.4 Å². The Balaban J connectivity index is 1.98. The average molecular weight is 357 g/mol. The van der Waals surface area contributed by atoms with E-state index in [-0.39, 0.29) is 4.90 Å². The van der Waals surface area contributed by atoms with Crippen LogP contribution in [0.2, 0.25) is 0 Å². The van der Waals surface area contributed by atoms with Gasteiger partial charge in [-0.05, 0) is 34.1 Å². The molecule has 0 atom stereocenters. The molecule has 1 aromatic carbocycles. The fraction of sp³-hybridized carbons (Fsp3) is 0.0833. The molecule has 1 aromatic heterocycles. The second-order valence-corrected chi connectivity index (χ2v) is 7.76. The molecule has 2 heterocycles. The molecule has 1 aliphatic rings. The Hall–Kier alpha value is -1.18. The van der Waals surface area contributed by atoms with Gasteiger partial charge in [-0.25, -0.2) is 13.4 Å². The summed E-state index contributed by atoms with van der Waals surface area (Å²) in [5.41, 5.74) is 0.492. The monoisotopic (exact) mass is 356 g/mol. The number of halogens is 1. The molecule has 2 aromatic rings. The molecule has 0 unspecified atom stereocenters.